The van der Waals surface area contributed by atoms with E-state index >= 15 is 0 Å². The van der Waals surface area contributed by atoms with E-state index in [1.807, 2.05) is 36.4 Å². The highest BCUT2D eigenvalue weighted by atomic mass is 32.2. The smallest absolute Gasteiger partial charge is 0.262 e. The Bertz CT molecular complexity index is 1390. The van der Waals surface area contributed by atoms with E-state index in [0.29, 0.717) is 11.9 Å². The van der Waals surface area contributed by atoms with Crippen LogP contribution in [0.2, 0.25) is 0 Å². The van der Waals surface area contributed by atoms with Crippen LogP contribution in [0.4, 0.5) is 0 Å². The summed E-state index contributed by atoms with van der Waals surface area (Å²) in [7, 11) is 0. The zero-order valence-corrected chi connectivity index (χ0v) is 17.0. The summed E-state index contributed by atoms with van der Waals surface area (Å²) in [6.07, 6.45) is 3.53. The summed E-state index contributed by atoms with van der Waals surface area (Å²) in [5.74, 6) is 0.735. The third-order valence-corrected chi connectivity index (χ3v) is 6.15. The fraction of sp³-hybridized carbons (Fsp3) is 0.0800. The second kappa shape index (κ2) is 8.13. The second-order valence-electron chi connectivity index (χ2n) is 7.09. The molecule has 0 radical (unpaired) electrons. The molecule has 5 heteroatoms. The third-order valence-electron chi connectivity index (χ3n) is 5.13. The van der Waals surface area contributed by atoms with Gasteiger partial charge >= 0.3 is 0 Å². The van der Waals surface area contributed by atoms with E-state index in [0.717, 1.165) is 22.0 Å². The van der Waals surface area contributed by atoms with Gasteiger partial charge in [0.15, 0.2) is 5.16 Å². The number of benzene rings is 3. The zero-order valence-electron chi connectivity index (χ0n) is 16.2. The minimum absolute atomic E-state index is 0.0233. The maximum atomic E-state index is 13.3. The molecule has 2 aromatic heterocycles. The topological polar surface area (TPSA) is 47.8 Å². The van der Waals surface area contributed by atoms with Crippen molar-refractivity contribution in [3.05, 3.63) is 113 Å². The maximum Gasteiger partial charge on any atom is 0.262 e. The summed E-state index contributed by atoms with van der Waals surface area (Å²) in [6, 6.07) is 26.1. The lowest BCUT2D eigenvalue weighted by Crippen LogP contribution is -2.24. The number of thioether (sulfide) groups is 1. The Balaban J connectivity index is 1.57. The van der Waals surface area contributed by atoms with Gasteiger partial charge in [-0.25, -0.2) is 4.98 Å². The monoisotopic (exact) mass is 409 g/mol. The first-order valence-corrected chi connectivity index (χ1v) is 10.8. The van der Waals surface area contributed by atoms with Crippen molar-refractivity contribution in [3.8, 4) is 0 Å². The minimum Gasteiger partial charge on any atom is -0.283 e. The number of para-hydroxylation sites is 1. The fourth-order valence-corrected chi connectivity index (χ4v) is 4.63. The predicted octanol–water partition coefficient (Wildman–Crippen LogP) is 5.29. The van der Waals surface area contributed by atoms with Gasteiger partial charge in [0.2, 0.25) is 0 Å². The highest BCUT2D eigenvalue weighted by Crippen LogP contribution is 2.27. The standard InChI is InChI=1S/C25H19N3OS/c29-24-22-12-3-4-13-23(22)27-25(28(24)16-18-7-6-14-26-15-18)30-17-20-10-5-9-19-8-1-2-11-21(19)20/h1-15H,16-17H2. The number of rotatable bonds is 5. The summed E-state index contributed by atoms with van der Waals surface area (Å²) >= 11 is 1.59. The van der Waals surface area contributed by atoms with Gasteiger partial charge in [-0.2, -0.15) is 0 Å². The van der Waals surface area contributed by atoms with Crippen LogP contribution in [0.3, 0.4) is 0 Å². The Morgan fingerprint density at radius 2 is 1.63 bits per heavy atom. The molecule has 0 N–H and O–H groups in total. The Morgan fingerprint density at radius 3 is 2.50 bits per heavy atom. The third kappa shape index (κ3) is 3.60. The van der Waals surface area contributed by atoms with E-state index in [1.165, 1.54) is 16.3 Å². The Hall–Kier alpha value is -3.44. The van der Waals surface area contributed by atoms with Gasteiger partial charge in [0.05, 0.1) is 17.4 Å². The molecule has 0 bridgehead atoms. The summed E-state index contributed by atoms with van der Waals surface area (Å²) in [4.78, 5) is 22.3. The fourth-order valence-electron chi connectivity index (χ4n) is 3.63. The van der Waals surface area contributed by atoms with Crippen LogP contribution in [-0.2, 0) is 12.3 Å². The number of pyridine rings is 1. The average molecular weight is 410 g/mol. The second-order valence-corrected chi connectivity index (χ2v) is 8.03. The highest BCUT2D eigenvalue weighted by molar-refractivity contribution is 7.98. The van der Waals surface area contributed by atoms with Gasteiger partial charge in [-0.05, 0) is 40.1 Å². The molecule has 0 unspecified atom stereocenters. The molecule has 3 aromatic carbocycles. The molecule has 0 saturated heterocycles. The van der Waals surface area contributed by atoms with E-state index in [1.54, 1.807) is 28.7 Å². The lowest BCUT2D eigenvalue weighted by atomic mass is 10.1. The van der Waals surface area contributed by atoms with Crippen LogP contribution in [0.1, 0.15) is 11.1 Å². The van der Waals surface area contributed by atoms with Gasteiger partial charge in [0.1, 0.15) is 0 Å². The van der Waals surface area contributed by atoms with Crippen LogP contribution < -0.4 is 5.56 Å². The van der Waals surface area contributed by atoms with Crippen molar-refractivity contribution in [2.24, 2.45) is 0 Å². The molecule has 0 aliphatic heterocycles. The van der Waals surface area contributed by atoms with Crippen LogP contribution in [0.15, 0.2) is 101 Å². The van der Waals surface area contributed by atoms with Crippen molar-refractivity contribution in [1.82, 2.24) is 14.5 Å². The van der Waals surface area contributed by atoms with E-state index in [-0.39, 0.29) is 5.56 Å². The summed E-state index contributed by atoms with van der Waals surface area (Å²) < 4.78 is 1.76. The predicted molar refractivity (Wildman–Crippen MR) is 123 cm³/mol. The number of fused-ring (bicyclic) bond motifs is 2. The van der Waals surface area contributed by atoms with Gasteiger partial charge in [0, 0.05) is 18.1 Å². The largest absolute Gasteiger partial charge is 0.283 e. The van der Waals surface area contributed by atoms with Crippen LogP contribution in [0.5, 0.6) is 0 Å². The van der Waals surface area contributed by atoms with Crippen LogP contribution in [0, 0.1) is 0 Å². The molecule has 5 aromatic rings. The van der Waals surface area contributed by atoms with E-state index < -0.39 is 0 Å². The highest BCUT2D eigenvalue weighted by Gasteiger charge is 2.13. The van der Waals surface area contributed by atoms with Crippen molar-refractivity contribution in [2.45, 2.75) is 17.5 Å². The lowest BCUT2D eigenvalue weighted by Gasteiger charge is -2.14. The van der Waals surface area contributed by atoms with Crippen LogP contribution in [0.25, 0.3) is 21.7 Å². The Kier molecular flexibility index (Phi) is 5.03. The molecule has 0 aliphatic rings. The van der Waals surface area contributed by atoms with Gasteiger partial charge in [0.25, 0.3) is 5.56 Å². The molecule has 0 aliphatic carbocycles. The van der Waals surface area contributed by atoms with Crippen molar-refractivity contribution >= 4 is 33.4 Å². The van der Waals surface area contributed by atoms with Crippen molar-refractivity contribution in [1.29, 1.82) is 0 Å². The quantitative estimate of drug-likeness (QED) is 0.292. The van der Waals surface area contributed by atoms with E-state index in [4.69, 9.17) is 4.98 Å². The first-order chi connectivity index (χ1) is 14.8. The maximum absolute atomic E-state index is 13.3. The van der Waals surface area contributed by atoms with Crippen LogP contribution in [-0.4, -0.2) is 14.5 Å². The lowest BCUT2D eigenvalue weighted by molar-refractivity contribution is 0.656. The molecule has 0 saturated carbocycles. The van der Waals surface area contributed by atoms with Gasteiger partial charge in [-0.15, -0.1) is 0 Å². The molecule has 0 atom stereocenters. The van der Waals surface area contributed by atoms with Gasteiger partial charge in [-0.1, -0.05) is 72.4 Å². The normalized spacial score (nSPS) is 11.2. The van der Waals surface area contributed by atoms with Crippen molar-refractivity contribution in [2.75, 3.05) is 0 Å². The summed E-state index contributed by atoms with van der Waals surface area (Å²) in [5, 5.41) is 3.80. The first-order valence-electron chi connectivity index (χ1n) is 9.77. The molecule has 0 spiro atoms. The number of hydrogen-bond donors (Lipinski definition) is 0. The van der Waals surface area contributed by atoms with E-state index in [2.05, 4.69) is 47.4 Å². The van der Waals surface area contributed by atoms with Crippen LogP contribution >= 0.6 is 11.8 Å². The molecule has 4 nitrogen and oxygen atoms in total. The van der Waals surface area contributed by atoms with Crippen molar-refractivity contribution in [3.63, 3.8) is 0 Å². The number of nitrogens with zero attached hydrogens (tertiary/aromatic N) is 3. The Labute approximate surface area is 178 Å². The molecule has 146 valence electrons. The molecular formula is C25H19N3OS. The summed E-state index contributed by atoms with van der Waals surface area (Å²) in [5.41, 5.74) is 2.91. The average Bonchev–Trinajstić information content (AvgIpc) is 2.80. The first kappa shape index (κ1) is 18.6. The minimum atomic E-state index is -0.0233. The Morgan fingerprint density at radius 1 is 0.833 bits per heavy atom. The molecule has 5 rings (SSSR count). The van der Waals surface area contributed by atoms with Gasteiger partial charge in [-0.3, -0.25) is 14.3 Å². The van der Waals surface area contributed by atoms with Gasteiger partial charge < -0.3 is 0 Å². The number of hydrogen-bond acceptors (Lipinski definition) is 4. The van der Waals surface area contributed by atoms with Crippen molar-refractivity contribution < 1.29 is 0 Å². The molecular weight excluding hydrogens is 390 g/mol. The SMILES string of the molecule is O=c1c2ccccc2nc(SCc2cccc3ccccc23)n1Cc1cccnc1. The molecule has 0 amide bonds. The molecule has 2 heterocycles. The summed E-state index contributed by atoms with van der Waals surface area (Å²) in [6.45, 7) is 0.447. The number of aromatic nitrogens is 3. The zero-order chi connectivity index (χ0) is 20.3. The van der Waals surface area contributed by atoms with E-state index in [9.17, 15) is 4.79 Å². The molecule has 30 heavy (non-hydrogen) atoms. The molecule has 0 fully saturated rings.